The van der Waals surface area contributed by atoms with Gasteiger partial charge in [-0.2, -0.15) is 0 Å². The van der Waals surface area contributed by atoms with Crippen LogP contribution in [0.5, 0.6) is 23.0 Å². The summed E-state index contributed by atoms with van der Waals surface area (Å²) in [6, 6.07) is 10.1. The highest BCUT2D eigenvalue weighted by molar-refractivity contribution is 6.08. The lowest BCUT2D eigenvalue weighted by Crippen LogP contribution is -2.45. The fourth-order valence-electron chi connectivity index (χ4n) is 8.55. The lowest BCUT2D eigenvalue weighted by Gasteiger charge is -2.22. The van der Waals surface area contributed by atoms with Gasteiger partial charge in [-0.1, -0.05) is 0 Å². The molecule has 0 aliphatic carbocycles. The Bertz CT molecular complexity index is 3240. The highest BCUT2D eigenvalue weighted by atomic mass is 16.5. The molecule has 0 heterocycles. The van der Waals surface area contributed by atoms with Crippen LogP contribution in [0.2, 0.25) is 0 Å². The van der Waals surface area contributed by atoms with Crippen molar-refractivity contribution < 1.29 is 66.9 Å². The molecule has 0 aliphatic heterocycles. The van der Waals surface area contributed by atoms with Crippen LogP contribution in [-0.2, 0) is 19.2 Å². The summed E-state index contributed by atoms with van der Waals surface area (Å²) in [5.41, 5.74) is 32.8. The van der Waals surface area contributed by atoms with Crippen molar-refractivity contribution in [3.8, 4) is 23.0 Å². The van der Waals surface area contributed by atoms with E-state index >= 15 is 0 Å². The minimum Gasteiger partial charge on any atom is -0.496 e. The SMILES string of the molecule is COc1ccc(NC(=O)[C@@H](CCCNC(=N)N)NC(=O)c2cc(NC(=O)[C@@H](CCCNC(=N)N)NC(=O)c3cc(NC(=O)[C@@H](CCCNC(N)=O)NC(=O)c4cc(NC(=O)[C@H](N)CCCNC(N)=O)ccc4OC)ccc3OC)ccc2OC)cc1C(N)=O. The van der Waals surface area contributed by atoms with E-state index < -0.39 is 83.5 Å². The van der Waals surface area contributed by atoms with Crippen LogP contribution in [0.25, 0.3) is 0 Å². The average molecular weight is 1240 g/mol. The molecule has 12 amide bonds. The van der Waals surface area contributed by atoms with Crippen LogP contribution in [-0.4, -0.2) is 150 Å². The smallest absolute Gasteiger partial charge is 0.312 e. The van der Waals surface area contributed by atoms with E-state index in [-0.39, 0.29) is 151 Å². The summed E-state index contributed by atoms with van der Waals surface area (Å²) in [4.78, 5) is 132. The first kappa shape index (κ1) is 70.4. The monoisotopic (exact) mass is 1240 g/mol. The number of nitrogens with two attached hydrogens (primary N) is 6. The second-order valence-corrected chi connectivity index (χ2v) is 19.5. The van der Waals surface area contributed by atoms with Gasteiger partial charge in [0.05, 0.1) is 56.7 Å². The van der Waals surface area contributed by atoms with E-state index in [2.05, 4.69) is 58.5 Å². The molecular weight excluding hydrogens is 1160 g/mol. The maximum absolute atomic E-state index is 14.3. The molecule has 25 N–H and O–H groups in total. The van der Waals surface area contributed by atoms with Gasteiger partial charge in [0, 0.05) is 48.9 Å². The second-order valence-electron chi connectivity index (χ2n) is 19.5. The highest BCUT2D eigenvalue weighted by Gasteiger charge is 2.29. The Morgan fingerprint density at radius 2 is 0.663 bits per heavy atom. The van der Waals surface area contributed by atoms with Gasteiger partial charge >= 0.3 is 12.1 Å². The molecule has 4 aromatic carbocycles. The number of ether oxygens (including phenoxy) is 4. The number of methoxy groups -OCH3 is 4. The number of nitrogens with one attached hydrogen (secondary N) is 13. The number of carbonyl (C=O) groups is 10. The standard InChI is InChI=1S/C56H77N19O14/c1-86-41-17-13-29(25-33(41)45(58)76)70-50(81)38(10-6-21-65-53(59)60)73-47(78)35-27-31(15-19-43(35)88-3)71-51(82)39(11-7-22-66-54(61)62)74-48(79)36-28-32(16-20-44(36)89-4)72-52(83)40(12-8-24-68-56(64)85)75-46(77)34-26-30(14-18-42(34)87-2)69-49(80)37(57)9-5-23-67-55(63)84/h13-20,25-28,37-40H,5-12,21-24,57H2,1-4H3,(H2,58,76)(H,69,80)(H,70,81)(H,71,82)(H,72,83)(H,73,78)(H,74,79)(H,75,77)(H4,59,60,65)(H4,61,62,66)(H3,63,67,84)(H3,64,68,85)/t37-,38-,39-,40-/m1/s1. The Labute approximate surface area is 511 Å². The summed E-state index contributed by atoms with van der Waals surface area (Å²) in [6.45, 7) is 0.473. The Balaban J connectivity index is 1.59. The summed E-state index contributed by atoms with van der Waals surface area (Å²) in [5, 5.41) is 43.9. The first-order valence-corrected chi connectivity index (χ1v) is 27.5. The molecule has 33 nitrogen and oxygen atoms in total. The molecule has 0 saturated heterocycles. The van der Waals surface area contributed by atoms with Crippen molar-refractivity contribution in [2.45, 2.75) is 75.5 Å². The molecule has 0 aliphatic rings. The van der Waals surface area contributed by atoms with E-state index in [1.807, 2.05) is 0 Å². The van der Waals surface area contributed by atoms with Crippen LogP contribution in [0.1, 0.15) is 92.8 Å². The van der Waals surface area contributed by atoms with E-state index in [0.29, 0.717) is 6.42 Å². The molecule has 0 bridgehead atoms. The number of anilines is 4. The first-order chi connectivity index (χ1) is 42.4. The molecule has 0 radical (unpaired) electrons. The fraction of sp³-hybridized carbons (Fsp3) is 0.357. The van der Waals surface area contributed by atoms with Gasteiger partial charge in [-0.25, -0.2) is 9.59 Å². The maximum atomic E-state index is 14.3. The minimum atomic E-state index is -1.34. The van der Waals surface area contributed by atoms with Gasteiger partial charge in [0.15, 0.2) is 11.9 Å². The van der Waals surface area contributed by atoms with Crippen molar-refractivity contribution in [2.75, 3.05) is 75.9 Å². The average Bonchev–Trinajstić information content (AvgIpc) is 2.33. The number of amides is 12. The van der Waals surface area contributed by atoms with Crippen molar-refractivity contribution in [3.63, 3.8) is 0 Å². The number of carbonyl (C=O) groups excluding carboxylic acids is 10. The summed E-state index contributed by atoms with van der Waals surface area (Å²) < 4.78 is 21.6. The van der Waals surface area contributed by atoms with Crippen molar-refractivity contribution in [3.05, 3.63) is 95.1 Å². The van der Waals surface area contributed by atoms with Crippen molar-refractivity contribution in [1.29, 1.82) is 10.8 Å². The molecule has 0 fully saturated rings. The Morgan fingerprint density at radius 1 is 0.393 bits per heavy atom. The van der Waals surface area contributed by atoms with E-state index in [9.17, 15) is 47.9 Å². The van der Waals surface area contributed by atoms with Gasteiger partial charge in [0.1, 0.15) is 41.1 Å². The van der Waals surface area contributed by atoms with Gasteiger partial charge in [-0.15, -0.1) is 0 Å². The van der Waals surface area contributed by atoms with E-state index in [4.69, 9.17) is 64.2 Å². The molecule has 0 unspecified atom stereocenters. The van der Waals surface area contributed by atoms with E-state index in [0.717, 1.165) is 0 Å². The Morgan fingerprint density at radius 3 is 0.944 bits per heavy atom. The number of urea groups is 2. The fourth-order valence-corrected chi connectivity index (χ4v) is 8.55. The van der Waals surface area contributed by atoms with E-state index in [1.165, 1.54) is 101 Å². The van der Waals surface area contributed by atoms with Crippen LogP contribution in [0, 0.1) is 10.8 Å². The van der Waals surface area contributed by atoms with Gasteiger partial charge in [0.2, 0.25) is 23.6 Å². The number of hydrogen-bond donors (Lipinski definition) is 19. The minimum absolute atomic E-state index is 0.00715. The highest BCUT2D eigenvalue weighted by Crippen LogP contribution is 2.28. The van der Waals surface area contributed by atoms with Gasteiger partial charge < -0.3 is 112 Å². The number of guanidine groups is 2. The third-order valence-electron chi connectivity index (χ3n) is 13.0. The van der Waals surface area contributed by atoms with Gasteiger partial charge in [0.25, 0.3) is 23.6 Å². The van der Waals surface area contributed by atoms with Crippen molar-refractivity contribution in [1.82, 2.24) is 37.2 Å². The quantitative estimate of drug-likeness (QED) is 0.0160. The summed E-state index contributed by atoms with van der Waals surface area (Å²) in [7, 11) is 5.22. The summed E-state index contributed by atoms with van der Waals surface area (Å²) >= 11 is 0. The zero-order valence-electron chi connectivity index (χ0n) is 49.4. The first-order valence-electron chi connectivity index (χ1n) is 27.5. The van der Waals surface area contributed by atoms with Crippen molar-refractivity contribution >= 4 is 94.0 Å². The van der Waals surface area contributed by atoms with Crippen LogP contribution in [0.4, 0.5) is 32.3 Å². The molecule has 480 valence electrons. The summed E-state index contributed by atoms with van der Waals surface area (Å²) in [5.74, 6) is -6.58. The normalized spacial score (nSPS) is 11.9. The number of primary amides is 3. The molecule has 33 heteroatoms. The Kier molecular flexibility index (Phi) is 28.0. The molecule has 0 saturated carbocycles. The Hall–Kier alpha value is -11.1. The largest absolute Gasteiger partial charge is 0.496 e. The number of rotatable bonds is 35. The molecule has 4 aromatic rings. The number of hydrogen-bond acceptors (Lipinski definition) is 17. The van der Waals surface area contributed by atoms with Gasteiger partial charge in [-0.05, 0) is 124 Å². The van der Waals surface area contributed by atoms with Gasteiger partial charge in [-0.3, -0.25) is 49.2 Å². The molecule has 0 spiro atoms. The second kappa shape index (κ2) is 35.4. The van der Waals surface area contributed by atoms with Crippen LogP contribution in [0.3, 0.4) is 0 Å². The van der Waals surface area contributed by atoms with E-state index in [1.54, 1.807) is 0 Å². The molecule has 89 heavy (non-hydrogen) atoms. The molecular formula is C56H77N19O14. The topological polar surface area (TPSA) is 544 Å². The number of benzene rings is 4. The predicted molar refractivity (Wildman–Crippen MR) is 329 cm³/mol. The lowest BCUT2D eigenvalue weighted by atomic mass is 10.1. The third-order valence-corrected chi connectivity index (χ3v) is 13.0. The zero-order valence-corrected chi connectivity index (χ0v) is 49.4. The van der Waals surface area contributed by atoms with Crippen LogP contribution >= 0.6 is 0 Å². The van der Waals surface area contributed by atoms with Crippen LogP contribution in [0.15, 0.2) is 72.8 Å². The molecule has 4 atom stereocenters. The third kappa shape index (κ3) is 23.0. The van der Waals surface area contributed by atoms with Crippen molar-refractivity contribution in [2.24, 2.45) is 34.4 Å². The molecule has 0 aromatic heterocycles. The summed E-state index contributed by atoms with van der Waals surface area (Å²) in [6.07, 6.45) is 0.962. The molecule has 4 rings (SSSR count). The lowest BCUT2D eigenvalue weighted by molar-refractivity contribution is -0.118. The van der Waals surface area contributed by atoms with Crippen LogP contribution < -0.4 is 112 Å². The maximum Gasteiger partial charge on any atom is 0.312 e. The zero-order chi connectivity index (χ0) is 65.7. The predicted octanol–water partition coefficient (Wildman–Crippen LogP) is -0.279.